The highest BCUT2D eigenvalue weighted by Crippen LogP contribution is 2.30. The van der Waals surface area contributed by atoms with Crippen LogP contribution in [-0.4, -0.2) is 65.6 Å². The van der Waals surface area contributed by atoms with Crippen molar-refractivity contribution in [3.63, 3.8) is 0 Å². The molecule has 2 aliphatic heterocycles. The lowest BCUT2D eigenvalue weighted by Crippen LogP contribution is -2.42. The molecular formula is C26H33FN4O. The zero-order valence-electron chi connectivity index (χ0n) is 19.3. The third-order valence-corrected chi connectivity index (χ3v) is 7.32. The Morgan fingerprint density at radius 3 is 2.88 bits per heavy atom. The molecule has 170 valence electrons. The van der Waals surface area contributed by atoms with Crippen molar-refractivity contribution in [2.45, 2.75) is 39.2 Å². The normalized spacial score (nSPS) is 21.9. The highest BCUT2D eigenvalue weighted by Gasteiger charge is 2.36. The highest BCUT2D eigenvalue weighted by atomic mass is 19.1. The number of likely N-dealkylation sites (tertiary alicyclic amines) is 2. The highest BCUT2D eigenvalue weighted by molar-refractivity contribution is 5.83. The summed E-state index contributed by atoms with van der Waals surface area (Å²) in [5, 5.41) is 0. The average molecular weight is 437 g/mol. The Morgan fingerprint density at radius 2 is 2.06 bits per heavy atom. The fraction of sp³-hybridized carbons (Fsp3) is 0.500. The number of likely N-dealkylation sites (N-methyl/N-ethyl adjacent to an activating group) is 1. The third-order valence-electron chi connectivity index (χ3n) is 7.32. The van der Waals surface area contributed by atoms with Gasteiger partial charge in [0.25, 0.3) is 0 Å². The van der Waals surface area contributed by atoms with Gasteiger partial charge < -0.3 is 19.5 Å². The van der Waals surface area contributed by atoms with E-state index < -0.39 is 0 Å². The van der Waals surface area contributed by atoms with Crippen molar-refractivity contribution in [1.82, 2.24) is 19.8 Å². The summed E-state index contributed by atoms with van der Waals surface area (Å²) in [6.07, 6.45) is 3.76. The molecule has 2 fully saturated rings. The maximum Gasteiger partial charge on any atom is 0.138 e. The van der Waals surface area contributed by atoms with Gasteiger partial charge in [-0.2, -0.15) is 0 Å². The van der Waals surface area contributed by atoms with Crippen molar-refractivity contribution < 1.29 is 9.13 Å². The second-order valence-electron chi connectivity index (χ2n) is 9.54. The minimum atomic E-state index is -0.226. The van der Waals surface area contributed by atoms with E-state index in [9.17, 15) is 4.39 Å². The number of rotatable bonds is 6. The Kier molecular flexibility index (Phi) is 5.91. The first-order valence-corrected chi connectivity index (χ1v) is 11.8. The molecule has 0 aliphatic carbocycles. The van der Waals surface area contributed by atoms with Crippen LogP contribution in [0.3, 0.4) is 0 Å². The van der Waals surface area contributed by atoms with Crippen molar-refractivity contribution in [2.75, 3.05) is 39.8 Å². The smallest absolute Gasteiger partial charge is 0.138 e. The zero-order valence-corrected chi connectivity index (χ0v) is 19.3. The number of hydrogen-bond donors (Lipinski definition) is 1. The molecule has 2 atom stereocenters. The molecule has 0 amide bonds. The van der Waals surface area contributed by atoms with Gasteiger partial charge in [0.2, 0.25) is 0 Å². The average Bonchev–Trinajstić information content (AvgIpc) is 3.39. The molecule has 32 heavy (non-hydrogen) atoms. The first kappa shape index (κ1) is 21.4. The molecular weight excluding hydrogens is 403 g/mol. The second-order valence-corrected chi connectivity index (χ2v) is 9.54. The van der Waals surface area contributed by atoms with Gasteiger partial charge in [0.05, 0.1) is 17.6 Å². The molecule has 2 aliphatic rings. The molecule has 5 nitrogen and oxygen atoms in total. The summed E-state index contributed by atoms with van der Waals surface area (Å²) < 4.78 is 19.9. The molecule has 2 unspecified atom stereocenters. The number of nitrogens with one attached hydrogen (secondary N) is 1. The number of fused-ring (bicyclic) bond motifs is 2. The Bertz CT molecular complexity index is 1110. The van der Waals surface area contributed by atoms with E-state index in [-0.39, 0.29) is 5.82 Å². The Labute approximate surface area is 189 Å². The number of imidazole rings is 1. The molecule has 1 aromatic heterocycles. The monoisotopic (exact) mass is 436 g/mol. The molecule has 2 aromatic carbocycles. The van der Waals surface area contributed by atoms with E-state index in [1.165, 1.54) is 38.5 Å². The van der Waals surface area contributed by atoms with Crippen LogP contribution in [0.25, 0.3) is 22.4 Å². The number of piperidine rings is 1. The van der Waals surface area contributed by atoms with Gasteiger partial charge >= 0.3 is 0 Å². The zero-order chi connectivity index (χ0) is 22.2. The summed E-state index contributed by atoms with van der Waals surface area (Å²) in [5.41, 5.74) is 4.22. The third kappa shape index (κ3) is 4.14. The van der Waals surface area contributed by atoms with Crippen LogP contribution in [0.4, 0.5) is 4.39 Å². The lowest BCUT2D eigenvalue weighted by Gasteiger charge is -2.33. The van der Waals surface area contributed by atoms with E-state index in [1.807, 2.05) is 12.1 Å². The van der Waals surface area contributed by atoms with Gasteiger partial charge in [0.1, 0.15) is 17.4 Å². The van der Waals surface area contributed by atoms with Crippen LogP contribution in [0.5, 0.6) is 5.75 Å². The molecule has 0 saturated carbocycles. The quantitative estimate of drug-likeness (QED) is 0.565. The van der Waals surface area contributed by atoms with Gasteiger partial charge in [0.15, 0.2) is 0 Å². The predicted octanol–water partition coefficient (Wildman–Crippen LogP) is 4.78. The van der Waals surface area contributed by atoms with Crippen LogP contribution < -0.4 is 4.74 Å². The number of aryl methyl sites for hydroxylation is 2. The summed E-state index contributed by atoms with van der Waals surface area (Å²) >= 11 is 0. The van der Waals surface area contributed by atoms with Crippen LogP contribution in [0.2, 0.25) is 0 Å². The largest absolute Gasteiger partial charge is 0.494 e. The topological polar surface area (TPSA) is 44.4 Å². The summed E-state index contributed by atoms with van der Waals surface area (Å²) in [6.45, 7) is 9.35. The van der Waals surface area contributed by atoms with E-state index in [0.29, 0.717) is 11.1 Å². The molecule has 0 spiro atoms. The molecule has 0 bridgehead atoms. The SMILES string of the molecule is Cc1cc(OCCCN2CC3CCCN(C)C3C2)ccc1-c1nc2c(C)c(F)ccc2[nH]1. The molecule has 3 aromatic rings. The first-order valence-electron chi connectivity index (χ1n) is 11.8. The van der Waals surface area contributed by atoms with Gasteiger partial charge in [-0.25, -0.2) is 9.37 Å². The number of benzene rings is 2. The summed E-state index contributed by atoms with van der Waals surface area (Å²) in [4.78, 5) is 13.1. The van der Waals surface area contributed by atoms with E-state index in [2.05, 4.69) is 39.8 Å². The van der Waals surface area contributed by atoms with Crippen LogP contribution in [0, 0.1) is 25.6 Å². The van der Waals surface area contributed by atoms with Crippen molar-refractivity contribution in [3.05, 3.63) is 47.3 Å². The van der Waals surface area contributed by atoms with Crippen molar-refractivity contribution >= 4 is 11.0 Å². The fourth-order valence-electron chi connectivity index (χ4n) is 5.46. The summed E-state index contributed by atoms with van der Waals surface area (Å²) in [6, 6.07) is 10.1. The van der Waals surface area contributed by atoms with Gasteiger partial charge in [-0.1, -0.05) is 0 Å². The van der Waals surface area contributed by atoms with Crippen molar-refractivity contribution in [2.24, 2.45) is 5.92 Å². The van der Waals surface area contributed by atoms with E-state index >= 15 is 0 Å². The number of ether oxygens (including phenoxy) is 1. The van der Waals surface area contributed by atoms with Gasteiger partial charge in [-0.3, -0.25) is 0 Å². The maximum atomic E-state index is 13.9. The van der Waals surface area contributed by atoms with E-state index in [1.54, 1.807) is 13.0 Å². The number of aromatic amines is 1. The van der Waals surface area contributed by atoms with Gasteiger partial charge in [0, 0.05) is 36.8 Å². The number of nitrogens with zero attached hydrogens (tertiary/aromatic N) is 3. The lowest BCUT2D eigenvalue weighted by molar-refractivity contribution is 0.156. The Balaban J connectivity index is 1.17. The van der Waals surface area contributed by atoms with Crippen LogP contribution in [0.1, 0.15) is 30.4 Å². The molecule has 1 N–H and O–H groups in total. The Hall–Kier alpha value is -2.44. The molecule has 3 heterocycles. The number of H-pyrrole nitrogens is 1. The molecule has 6 heteroatoms. The second kappa shape index (κ2) is 8.83. The molecule has 0 radical (unpaired) electrons. The summed E-state index contributed by atoms with van der Waals surface area (Å²) in [7, 11) is 2.28. The minimum absolute atomic E-state index is 0.226. The van der Waals surface area contributed by atoms with Crippen LogP contribution in [-0.2, 0) is 0 Å². The van der Waals surface area contributed by atoms with Crippen molar-refractivity contribution in [1.29, 1.82) is 0 Å². The number of aromatic nitrogens is 2. The number of hydrogen-bond acceptors (Lipinski definition) is 4. The van der Waals surface area contributed by atoms with Crippen LogP contribution >= 0.6 is 0 Å². The lowest BCUT2D eigenvalue weighted by atomic mass is 9.93. The number of halogens is 1. The molecule has 2 saturated heterocycles. The first-order chi connectivity index (χ1) is 15.5. The van der Waals surface area contributed by atoms with Gasteiger partial charge in [-0.05, 0) is 88.5 Å². The Morgan fingerprint density at radius 1 is 1.19 bits per heavy atom. The van der Waals surface area contributed by atoms with E-state index in [0.717, 1.165) is 59.7 Å². The summed E-state index contributed by atoms with van der Waals surface area (Å²) in [5.74, 6) is 2.27. The standard InChI is InChI=1S/C26H33FN4O/c1-17-14-20(32-13-5-12-31-15-19-6-4-11-30(3)24(19)16-31)7-8-21(17)26-28-23-10-9-22(27)18(2)25(23)29-26/h7-10,14,19,24H,4-6,11-13,15-16H2,1-3H3,(H,28,29). The van der Waals surface area contributed by atoms with Crippen molar-refractivity contribution in [3.8, 4) is 17.1 Å². The van der Waals surface area contributed by atoms with Crippen LogP contribution in [0.15, 0.2) is 30.3 Å². The van der Waals surface area contributed by atoms with Gasteiger partial charge in [-0.15, -0.1) is 0 Å². The van der Waals surface area contributed by atoms with E-state index in [4.69, 9.17) is 4.74 Å². The fourth-order valence-corrected chi connectivity index (χ4v) is 5.46. The minimum Gasteiger partial charge on any atom is -0.494 e. The molecule has 5 rings (SSSR count). The maximum absolute atomic E-state index is 13.9. The predicted molar refractivity (Wildman–Crippen MR) is 127 cm³/mol.